The summed E-state index contributed by atoms with van der Waals surface area (Å²) in [5, 5.41) is 5.87. The molecular weight excluding hydrogens is 158 g/mol. The first-order valence-electron chi connectivity index (χ1n) is 2.30. The molecule has 0 saturated carbocycles. The van der Waals surface area contributed by atoms with Gasteiger partial charge in [0, 0.05) is 6.26 Å². The second-order valence-electron chi connectivity index (χ2n) is 1.73. The summed E-state index contributed by atoms with van der Waals surface area (Å²) in [6.07, 6.45) is 0.975. The maximum Gasteiger partial charge on any atom is 0.242 e. The molecule has 0 aliphatic rings. The smallest absolute Gasteiger partial charge is 0.242 e. The van der Waals surface area contributed by atoms with Crippen LogP contribution in [0.2, 0.25) is 0 Å². The molecule has 6 nitrogen and oxygen atoms in total. The third kappa shape index (κ3) is 1.08. The van der Waals surface area contributed by atoms with Gasteiger partial charge in [0.1, 0.15) is 0 Å². The molecule has 0 unspecified atom stereocenters. The third-order valence-electron chi connectivity index (χ3n) is 0.833. The Hall–Kier alpha value is -1.11. The molecule has 0 saturated heterocycles. The maximum atomic E-state index is 10.7. The first-order valence-corrected chi connectivity index (χ1v) is 4.19. The predicted octanol–water partition coefficient (Wildman–Crippen LogP) is -0.945. The van der Waals surface area contributed by atoms with E-state index in [1.165, 1.54) is 0 Å². The van der Waals surface area contributed by atoms with E-state index in [-0.39, 0.29) is 10.8 Å². The topological polar surface area (TPSA) is 99.1 Å². The van der Waals surface area contributed by atoms with Gasteiger partial charge in [0.15, 0.2) is 9.84 Å². The molecule has 0 radical (unpaired) electrons. The summed E-state index contributed by atoms with van der Waals surface area (Å²) in [5.41, 5.74) is 5.08. The molecule has 0 bridgehead atoms. The Morgan fingerprint density at radius 2 is 2.10 bits per heavy atom. The summed E-state index contributed by atoms with van der Waals surface area (Å²) in [5.74, 6) is -0.206. The maximum absolute atomic E-state index is 10.7. The number of nitrogens with zero attached hydrogens (tertiary/aromatic N) is 2. The lowest BCUT2D eigenvalue weighted by Gasteiger charge is -1.86. The number of nitrogen functional groups attached to an aromatic ring is 1. The number of sulfone groups is 1. The number of hydrogen-bond donors (Lipinski definition) is 1. The Balaban J connectivity index is 3.32. The Labute approximate surface area is 56.9 Å². The van der Waals surface area contributed by atoms with Crippen LogP contribution in [-0.2, 0) is 9.84 Å². The highest BCUT2D eigenvalue weighted by atomic mass is 32.2. The van der Waals surface area contributed by atoms with E-state index >= 15 is 0 Å². The number of rotatable bonds is 1. The zero-order valence-corrected chi connectivity index (χ0v) is 5.92. The van der Waals surface area contributed by atoms with E-state index in [0.29, 0.717) is 0 Å². The van der Waals surface area contributed by atoms with Crippen molar-refractivity contribution in [1.82, 2.24) is 10.3 Å². The molecule has 0 atom stereocenters. The zero-order valence-electron chi connectivity index (χ0n) is 5.10. The molecule has 7 heteroatoms. The molecule has 1 rings (SSSR count). The number of nitrogens with two attached hydrogens (primary N) is 1. The molecule has 10 heavy (non-hydrogen) atoms. The van der Waals surface area contributed by atoms with Crippen LogP contribution in [-0.4, -0.2) is 25.0 Å². The van der Waals surface area contributed by atoms with Crippen molar-refractivity contribution < 1.29 is 13.0 Å². The molecule has 0 aliphatic heterocycles. The van der Waals surface area contributed by atoms with Gasteiger partial charge in [-0.15, -0.1) is 0 Å². The molecule has 2 N–H and O–H groups in total. The fraction of sp³-hybridized carbons (Fsp3) is 0.333. The molecule has 0 aromatic carbocycles. The molecule has 1 aromatic heterocycles. The summed E-state index contributed by atoms with van der Waals surface area (Å²) in [4.78, 5) is 0. The average Bonchev–Trinajstić information content (AvgIpc) is 2.11. The lowest BCUT2D eigenvalue weighted by molar-refractivity contribution is 0.298. The lowest BCUT2D eigenvalue weighted by Crippen LogP contribution is -2.01. The van der Waals surface area contributed by atoms with Crippen molar-refractivity contribution in [2.24, 2.45) is 0 Å². The Morgan fingerprint density at radius 1 is 1.50 bits per heavy atom. The van der Waals surface area contributed by atoms with E-state index in [0.717, 1.165) is 6.26 Å². The van der Waals surface area contributed by atoms with Gasteiger partial charge in [0.25, 0.3) is 0 Å². The van der Waals surface area contributed by atoms with Crippen molar-refractivity contribution in [1.29, 1.82) is 0 Å². The van der Waals surface area contributed by atoms with Crippen LogP contribution in [0.25, 0.3) is 0 Å². The quantitative estimate of drug-likeness (QED) is 0.573. The number of anilines is 1. The van der Waals surface area contributed by atoms with Gasteiger partial charge in [0.2, 0.25) is 10.8 Å². The van der Waals surface area contributed by atoms with Gasteiger partial charge in [-0.05, 0) is 10.3 Å². The first-order chi connectivity index (χ1) is 4.52. The van der Waals surface area contributed by atoms with E-state index in [1.54, 1.807) is 0 Å². The fourth-order valence-corrected chi connectivity index (χ4v) is 1.03. The highest BCUT2D eigenvalue weighted by Gasteiger charge is 2.16. The Kier molecular flexibility index (Phi) is 1.36. The summed E-state index contributed by atoms with van der Waals surface area (Å²) < 4.78 is 25.4. The van der Waals surface area contributed by atoms with E-state index in [4.69, 9.17) is 5.73 Å². The van der Waals surface area contributed by atoms with Gasteiger partial charge in [-0.2, -0.15) is 0 Å². The van der Waals surface area contributed by atoms with Gasteiger partial charge < -0.3 is 5.73 Å². The second-order valence-corrected chi connectivity index (χ2v) is 3.66. The van der Waals surface area contributed by atoms with Gasteiger partial charge in [-0.25, -0.2) is 13.0 Å². The van der Waals surface area contributed by atoms with Crippen LogP contribution >= 0.6 is 0 Å². The predicted molar refractivity (Wildman–Crippen MR) is 31.8 cm³/mol. The minimum absolute atomic E-state index is 0.206. The fourth-order valence-electron chi connectivity index (χ4n) is 0.445. The van der Waals surface area contributed by atoms with E-state index in [9.17, 15) is 8.42 Å². The molecule has 0 aliphatic carbocycles. The standard InChI is InChI=1S/C3H5N3O3S/c1-10(7,8)3-2(4)5-9-6-3/h1H3,(H2,4,5). The van der Waals surface area contributed by atoms with Crippen LogP contribution in [0.1, 0.15) is 0 Å². The minimum Gasteiger partial charge on any atom is -0.378 e. The summed E-state index contributed by atoms with van der Waals surface area (Å²) >= 11 is 0. The minimum atomic E-state index is -3.38. The average molecular weight is 163 g/mol. The molecule has 0 fully saturated rings. The molecular formula is C3H5N3O3S. The van der Waals surface area contributed by atoms with Crippen molar-refractivity contribution in [2.45, 2.75) is 5.03 Å². The van der Waals surface area contributed by atoms with Crippen molar-refractivity contribution in [3.8, 4) is 0 Å². The van der Waals surface area contributed by atoms with Crippen LogP contribution in [0.5, 0.6) is 0 Å². The molecule has 0 spiro atoms. The summed E-state index contributed by atoms with van der Waals surface area (Å²) in [6.45, 7) is 0. The summed E-state index contributed by atoms with van der Waals surface area (Å²) in [7, 11) is -3.38. The molecule has 1 aromatic rings. The van der Waals surface area contributed by atoms with Gasteiger partial charge in [-0.1, -0.05) is 0 Å². The SMILES string of the molecule is CS(=O)(=O)c1nonc1N. The highest BCUT2D eigenvalue weighted by molar-refractivity contribution is 7.90. The molecule has 1 heterocycles. The zero-order chi connectivity index (χ0) is 7.78. The largest absolute Gasteiger partial charge is 0.378 e. The Morgan fingerprint density at radius 3 is 2.30 bits per heavy atom. The van der Waals surface area contributed by atoms with Gasteiger partial charge in [-0.3, -0.25) is 0 Å². The van der Waals surface area contributed by atoms with Gasteiger partial charge in [0.05, 0.1) is 0 Å². The lowest BCUT2D eigenvalue weighted by atomic mass is 10.8. The number of hydrogen-bond acceptors (Lipinski definition) is 6. The first kappa shape index (κ1) is 7.00. The summed E-state index contributed by atoms with van der Waals surface area (Å²) in [6, 6.07) is 0. The van der Waals surface area contributed by atoms with Crippen molar-refractivity contribution in [3.63, 3.8) is 0 Å². The molecule has 0 amide bonds. The van der Waals surface area contributed by atoms with E-state index in [2.05, 4.69) is 14.9 Å². The van der Waals surface area contributed by atoms with Crippen molar-refractivity contribution in [2.75, 3.05) is 12.0 Å². The Bertz CT molecular complexity index is 327. The van der Waals surface area contributed by atoms with Crippen LogP contribution in [0.3, 0.4) is 0 Å². The van der Waals surface area contributed by atoms with E-state index < -0.39 is 9.84 Å². The van der Waals surface area contributed by atoms with E-state index in [1.807, 2.05) is 0 Å². The second kappa shape index (κ2) is 1.94. The van der Waals surface area contributed by atoms with Crippen LogP contribution in [0.4, 0.5) is 5.82 Å². The van der Waals surface area contributed by atoms with Crippen LogP contribution in [0.15, 0.2) is 9.65 Å². The molecule has 56 valence electrons. The monoisotopic (exact) mass is 163 g/mol. The van der Waals surface area contributed by atoms with Crippen molar-refractivity contribution >= 4 is 15.7 Å². The highest BCUT2D eigenvalue weighted by Crippen LogP contribution is 2.10. The van der Waals surface area contributed by atoms with Crippen LogP contribution in [0, 0.1) is 0 Å². The van der Waals surface area contributed by atoms with Crippen molar-refractivity contribution in [3.05, 3.63) is 0 Å². The third-order valence-corrected chi connectivity index (χ3v) is 1.82. The number of aromatic nitrogens is 2. The normalized spacial score (nSPS) is 11.7. The van der Waals surface area contributed by atoms with Crippen LogP contribution < -0.4 is 5.73 Å². The van der Waals surface area contributed by atoms with Gasteiger partial charge >= 0.3 is 0 Å².